The number of carbonyl (C=O) groups excluding carboxylic acids is 2. The zero-order valence-corrected chi connectivity index (χ0v) is 15.1. The topological polar surface area (TPSA) is 88.7 Å². The third-order valence-electron chi connectivity index (χ3n) is 4.35. The predicted octanol–water partition coefficient (Wildman–Crippen LogP) is 3.34. The maximum absolute atomic E-state index is 12.9. The Kier molecular flexibility index (Phi) is 4.37. The minimum absolute atomic E-state index is 0.149. The summed E-state index contributed by atoms with van der Waals surface area (Å²) in [6, 6.07) is 11.1. The molecule has 0 spiro atoms. The molecule has 2 aromatic rings. The molecular weight excluding hydrogens is 370 g/mol. The lowest BCUT2D eigenvalue weighted by atomic mass is 9.94. The van der Waals surface area contributed by atoms with E-state index in [1.54, 1.807) is 49.4 Å². The summed E-state index contributed by atoms with van der Waals surface area (Å²) in [5.74, 6) is 0.882. The molecule has 0 radical (unpaired) electrons. The number of ether oxygens (including phenoxy) is 2. The van der Waals surface area contributed by atoms with Crippen molar-refractivity contribution in [1.82, 2.24) is 10.6 Å². The Bertz CT molecular complexity index is 956. The van der Waals surface area contributed by atoms with Gasteiger partial charge in [0.05, 0.1) is 11.6 Å². The number of hydrogen-bond acceptors (Lipinski definition) is 4. The maximum atomic E-state index is 12.9. The van der Waals surface area contributed by atoms with Gasteiger partial charge < -0.3 is 25.4 Å². The second kappa shape index (κ2) is 6.85. The third kappa shape index (κ3) is 3.41. The molecule has 138 valence electrons. The Hall–Kier alpha value is -3.19. The van der Waals surface area contributed by atoms with Crippen LogP contribution >= 0.6 is 11.6 Å². The van der Waals surface area contributed by atoms with Crippen LogP contribution in [-0.4, -0.2) is 18.7 Å². The lowest BCUT2D eigenvalue weighted by molar-refractivity contribution is -0.113. The van der Waals surface area contributed by atoms with Gasteiger partial charge in [0.2, 0.25) is 6.79 Å². The van der Waals surface area contributed by atoms with Crippen molar-refractivity contribution in [3.63, 3.8) is 0 Å². The molecule has 2 aliphatic heterocycles. The maximum Gasteiger partial charge on any atom is 0.319 e. The summed E-state index contributed by atoms with van der Waals surface area (Å²) in [4.78, 5) is 24.9. The highest BCUT2D eigenvalue weighted by molar-refractivity contribution is 6.30. The fraction of sp³-hybridized carbons (Fsp3) is 0.158. The van der Waals surface area contributed by atoms with Crippen molar-refractivity contribution in [1.29, 1.82) is 0 Å². The average molecular weight is 386 g/mol. The molecule has 0 bridgehead atoms. The molecule has 2 aliphatic rings. The largest absolute Gasteiger partial charge is 0.454 e. The summed E-state index contributed by atoms with van der Waals surface area (Å²) in [6.45, 7) is 1.84. The first-order valence-corrected chi connectivity index (χ1v) is 8.64. The number of benzene rings is 2. The van der Waals surface area contributed by atoms with E-state index in [4.69, 9.17) is 21.1 Å². The molecule has 3 amide bonds. The molecule has 0 saturated carbocycles. The first-order valence-electron chi connectivity index (χ1n) is 8.26. The zero-order valence-electron chi connectivity index (χ0n) is 14.3. The number of rotatable bonds is 3. The van der Waals surface area contributed by atoms with Crippen LogP contribution in [-0.2, 0) is 4.79 Å². The van der Waals surface area contributed by atoms with Crippen LogP contribution in [0.5, 0.6) is 11.5 Å². The second-order valence-corrected chi connectivity index (χ2v) is 6.58. The average Bonchev–Trinajstić information content (AvgIpc) is 3.10. The molecule has 2 heterocycles. The van der Waals surface area contributed by atoms with Crippen LogP contribution in [0.2, 0.25) is 5.02 Å². The van der Waals surface area contributed by atoms with E-state index in [9.17, 15) is 9.59 Å². The number of nitrogens with one attached hydrogen (secondary N) is 3. The molecule has 0 saturated heterocycles. The Labute approximate surface area is 160 Å². The van der Waals surface area contributed by atoms with Crippen LogP contribution in [0.3, 0.4) is 0 Å². The van der Waals surface area contributed by atoms with Gasteiger partial charge in [-0.15, -0.1) is 0 Å². The standard InChI is InChI=1S/C19H16ClN3O4/c1-10-16(18(24)22-13-5-3-12(20)4-6-13)17(23-19(25)21-10)11-2-7-14-15(8-11)27-9-26-14/h2-8,17H,9H2,1H3,(H,22,24)(H2,21,23,25). The third-order valence-corrected chi connectivity index (χ3v) is 4.60. The van der Waals surface area contributed by atoms with Gasteiger partial charge in [-0.05, 0) is 48.9 Å². The minimum atomic E-state index is -0.624. The Morgan fingerprint density at radius 1 is 1.15 bits per heavy atom. The summed E-state index contributed by atoms with van der Waals surface area (Å²) in [7, 11) is 0. The van der Waals surface area contributed by atoms with E-state index >= 15 is 0 Å². The smallest absolute Gasteiger partial charge is 0.319 e. The SMILES string of the molecule is CC1=C(C(=O)Nc2ccc(Cl)cc2)C(c2ccc3c(c2)OCO3)NC(=O)N1. The summed E-state index contributed by atoms with van der Waals surface area (Å²) in [5, 5.41) is 8.85. The summed E-state index contributed by atoms with van der Waals surface area (Å²) < 4.78 is 10.7. The highest BCUT2D eigenvalue weighted by atomic mass is 35.5. The number of carbonyl (C=O) groups is 2. The van der Waals surface area contributed by atoms with E-state index in [0.29, 0.717) is 33.5 Å². The van der Waals surface area contributed by atoms with Crippen molar-refractivity contribution in [2.45, 2.75) is 13.0 Å². The van der Waals surface area contributed by atoms with Crippen molar-refractivity contribution in [3.8, 4) is 11.5 Å². The molecule has 0 aliphatic carbocycles. The number of fused-ring (bicyclic) bond motifs is 1. The fourth-order valence-electron chi connectivity index (χ4n) is 3.07. The van der Waals surface area contributed by atoms with Crippen molar-refractivity contribution < 1.29 is 19.1 Å². The Morgan fingerprint density at radius 3 is 2.67 bits per heavy atom. The molecule has 0 aromatic heterocycles. The van der Waals surface area contributed by atoms with Crippen molar-refractivity contribution in [3.05, 3.63) is 64.3 Å². The second-order valence-electron chi connectivity index (χ2n) is 6.14. The lowest BCUT2D eigenvalue weighted by Crippen LogP contribution is -2.45. The van der Waals surface area contributed by atoms with E-state index in [1.165, 1.54) is 0 Å². The monoisotopic (exact) mass is 385 g/mol. The normalized spacial score (nSPS) is 18.0. The van der Waals surface area contributed by atoms with Crippen molar-refractivity contribution in [2.24, 2.45) is 0 Å². The molecule has 0 fully saturated rings. The summed E-state index contributed by atoms with van der Waals surface area (Å²) in [5.41, 5.74) is 2.21. The quantitative estimate of drug-likeness (QED) is 0.756. The molecule has 8 heteroatoms. The van der Waals surface area contributed by atoms with Gasteiger partial charge in [-0.2, -0.15) is 0 Å². The van der Waals surface area contributed by atoms with E-state index in [1.807, 2.05) is 0 Å². The summed E-state index contributed by atoms with van der Waals surface area (Å²) in [6.07, 6.45) is 0. The molecule has 7 nitrogen and oxygen atoms in total. The first kappa shape index (κ1) is 17.2. The molecule has 27 heavy (non-hydrogen) atoms. The van der Waals surface area contributed by atoms with Gasteiger partial charge in [0.15, 0.2) is 11.5 Å². The first-order chi connectivity index (χ1) is 13.0. The van der Waals surface area contributed by atoms with Gasteiger partial charge in [-0.3, -0.25) is 4.79 Å². The van der Waals surface area contributed by atoms with E-state index in [2.05, 4.69) is 16.0 Å². The van der Waals surface area contributed by atoms with Crippen LogP contribution in [0.1, 0.15) is 18.5 Å². The van der Waals surface area contributed by atoms with Crippen LogP contribution in [0, 0.1) is 0 Å². The van der Waals surface area contributed by atoms with Crippen LogP contribution in [0.4, 0.5) is 10.5 Å². The lowest BCUT2D eigenvalue weighted by Gasteiger charge is -2.28. The molecule has 4 rings (SSSR count). The van der Waals surface area contributed by atoms with Gasteiger partial charge in [0, 0.05) is 16.4 Å². The highest BCUT2D eigenvalue weighted by Gasteiger charge is 2.32. The van der Waals surface area contributed by atoms with E-state index in [-0.39, 0.29) is 18.7 Å². The summed E-state index contributed by atoms with van der Waals surface area (Å²) >= 11 is 5.88. The van der Waals surface area contributed by atoms with Gasteiger partial charge in [-0.25, -0.2) is 4.79 Å². The van der Waals surface area contributed by atoms with Gasteiger partial charge in [0.25, 0.3) is 5.91 Å². The van der Waals surface area contributed by atoms with Crippen LogP contribution in [0.25, 0.3) is 0 Å². The minimum Gasteiger partial charge on any atom is -0.454 e. The van der Waals surface area contributed by atoms with Gasteiger partial charge >= 0.3 is 6.03 Å². The van der Waals surface area contributed by atoms with Crippen molar-refractivity contribution in [2.75, 3.05) is 12.1 Å². The van der Waals surface area contributed by atoms with E-state index in [0.717, 1.165) is 5.56 Å². The predicted molar refractivity (Wildman–Crippen MR) is 99.8 cm³/mol. The van der Waals surface area contributed by atoms with Gasteiger partial charge in [-0.1, -0.05) is 17.7 Å². The van der Waals surface area contributed by atoms with Gasteiger partial charge in [0.1, 0.15) is 0 Å². The van der Waals surface area contributed by atoms with Crippen molar-refractivity contribution >= 4 is 29.2 Å². The zero-order chi connectivity index (χ0) is 19.0. The Morgan fingerprint density at radius 2 is 1.89 bits per heavy atom. The molecule has 1 atom stereocenters. The number of hydrogen-bond donors (Lipinski definition) is 3. The Balaban J connectivity index is 1.67. The molecule has 1 unspecified atom stereocenters. The number of anilines is 1. The number of urea groups is 1. The fourth-order valence-corrected chi connectivity index (χ4v) is 3.20. The molecular formula is C19H16ClN3O4. The van der Waals surface area contributed by atoms with Crippen LogP contribution < -0.4 is 25.4 Å². The number of allylic oxidation sites excluding steroid dienone is 1. The number of amides is 3. The van der Waals surface area contributed by atoms with Crippen LogP contribution in [0.15, 0.2) is 53.7 Å². The number of halogens is 1. The highest BCUT2D eigenvalue weighted by Crippen LogP contribution is 2.37. The molecule has 2 aromatic carbocycles. The van der Waals surface area contributed by atoms with E-state index < -0.39 is 6.04 Å². The molecule has 3 N–H and O–H groups in total.